The molecule has 1 aliphatic rings. The molecule has 1 amide bonds. The van der Waals surface area contributed by atoms with E-state index in [1.165, 1.54) is 4.90 Å². The highest BCUT2D eigenvalue weighted by molar-refractivity contribution is 5.80. The summed E-state index contributed by atoms with van der Waals surface area (Å²) < 4.78 is 5.27. The zero-order chi connectivity index (χ0) is 14.9. The van der Waals surface area contributed by atoms with Crippen molar-refractivity contribution in [2.75, 3.05) is 0 Å². The standard InChI is InChI=1S/C15H19NO4/c1-15(2,3)20-14(19)16-9-11-7-5-4-6-10(11)8-12(16)13(17)18/h4-7,12H,8-9H2,1-3H3,(H,17,18)/p-1. The van der Waals surface area contributed by atoms with Crippen molar-refractivity contribution in [1.29, 1.82) is 0 Å². The van der Waals surface area contributed by atoms with E-state index in [0.29, 0.717) is 0 Å². The van der Waals surface area contributed by atoms with Crippen LogP contribution in [-0.4, -0.2) is 28.6 Å². The Balaban J connectivity index is 2.27. The summed E-state index contributed by atoms with van der Waals surface area (Å²) in [6, 6.07) is 6.50. The van der Waals surface area contributed by atoms with Crippen LogP contribution in [0.2, 0.25) is 0 Å². The van der Waals surface area contributed by atoms with E-state index < -0.39 is 23.7 Å². The number of carboxylic acid groups (broad SMARTS) is 1. The summed E-state index contributed by atoms with van der Waals surface area (Å²) in [7, 11) is 0. The molecule has 1 aromatic carbocycles. The molecule has 5 heteroatoms. The summed E-state index contributed by atoms with van der Waals surface area (Å²) in [4.78, 5) is 24.7. The van der Waals surface area contributed by atoms with Gasteiger partial charge in [0, 0.05) is 6.54 Å². The predicted octanol–water partition coefficient (Wildman–Crippen LogP) is 1.10. The molecule has 0 bridgehead atoms. The van der Waals surface area contributed by atoms with Gasteiger partial charge >= 0.3 is 6.09 Å². The Hall–Kier alpha value is -2.04. The zero-order valence-electron chi connectivity index (χ0n) is 11.9. The third-order valence-corrected chi connectivity index (χ3v) is 3.15. The van der Waals surface area contributed by atoms with E-state index in [2.05, 4.69) is 0 Å². The predicted molar refractivity (Wildman–Crippen MR) is 70.7 cm³/mol. The second kappa shape index (κ2) is 5.15. The highest BCUT2D eigenvalue weighted by Gasteiger charge is 2.33. The number of carboxylic acids is 1. The van der Waals surface area contributed by atoms with Gasteiger partial charge in [-0.1, -0.05) is 24.3 Å². The van der Waals surface area contributed by atoms with Crippen LogP contribution in [0.1, 0.15) is 31.9 Å². The Bertz CT molecular complexity index is 533. The van der Waals surface area contributed by atoms with Gasteiger partial charge in [-0.25, -0.2) is 4.79 Å². The van der Waals surface area contributed by atoms with Crippen LogP contribution in [0.5, 0.6) is 0 Å². The SMILES string of the molecule is CC(C)(C)OC(=O)N1Cc2ccccc2CC1C(=O)[O-]. The average molecular weight is 276 g/mol. The van der Waals surface area contributed by atoms with E-state index in [1.807, 2.05) is 24.3 Å². The van der Waals surface area contributed by atoms with E-state index in [0.717, 1.165) is 11.1 Å². The molecule has 0 aromatic heterocycles. The first-order valence-electron chi connectivity index (χ1n) is 6.55. The number of ether oxygens (including phenoxy) is 1. The lowest BCUT2D eigenvalue weighted by Crippen LogP contribution is -2.54. The number of carbonyl (C=O) groups excluding carboxylic acids is 2. The van der Waals surface area contributed by atoms with Gasteiger partial charge in [-0.3, -0.25) is 4.90 Å². The van der Waals surface area contributed by atoms with Crippen molar-refractivity contribution in [1.82, 2.24) is 4.90 Å². The van der Waals surface area contributed by atoms with Crippen molar-refractivity contribution < 1.29 is 19.4 Å². The molecular weight excluding hydrogens is 258 g/mol. The smallest absolute Gasteiger partial charge is 0.411 e. The lowest BCUT2D eigenvalue weighted by Gasteiger charge is -2.38. The van der Waals surface area contributed by atoms with Gasteiger partial charge in [0.05, 0.1) is 12.0 Å². The molecular formula is C15H18NO4-. The molecule has 1 aromatic rings. The fourth-order valence-electron chi connectivity index (χ4n) is 2.25. The van der Waals surface area contributed by atoms with Gasteiger partial charge in [-0.2, -0.15) is 0 Å². The number of benzene rings is 1. The van der Waals surface area contributed by atoms with Gasteiger partial charge < -0.3 is 14.6 Å². The van der Waals surface area contributed by atoms with E-state index in [9.17, 15) is 14.7 Å². The van der Waals surface area contributed by atoms with Crippen molar-refractivity contribution in [2.24, 2.45) is 0 Å². The van der Waals surface area contributed by atoms with Crippen molar-refractivity contribution in [3.63, 3.8) is 0 Å². The molecule has 5 nitrogen and oxygen atoms in total. The Morgan fingerprint density at radius 1 is 1.25 bits per heavy atom. The fraction of sp³-hybridized carbons (Fsp3) is 0.467. The van der Waals surface area contributed by atoms with Crippen LogP contribution >= 0.6 is 0 Å². The molecule has 1 aliphatic heterocycles. The molecule has 108 valence electrons. The third-order valence-electron chi connectivity index (χ3n) is 3.15. The maximum absolute atomic E-state index is 12.2. The number of hydrogen-bond acceptors (Lipinski definition) is 4. The van der Waals surface area contributed by atoms with Crippen LogP contribution in [0.4, 0.5) is 4.79 Å². The van der Waals surface area contributed by atoms with Crippen molar-refractivity contribution in [3.05, 3.63) is 35.4 Å². The Labute approximate surface area is 118 Å². The molecule has 0 spiro atoms. The highest BCUT2D eigenvalue weighted by atomic mass is 16.6. The number of rotatable bonds is 1. The quantitative estimate of drug-likeness (QED) is 0.770. The number of amides is 1. The van der Waals surface area contributed by atoms with Crippen LogP contribution in [0.25, 0.3) is 0 Å². The van der Waals surface area contributed by atoms with E-state index >= 15 is 0 Å². The Kier molecular flexibility index (Phi) is 3.70. The van der Waals surface area contributed by atoms with Crippen LogP contribution in [0, 0.1) is 0 Å². The van der Waals surface area contributed by atoms with Crippen LogP contribution in [0.3, 0.4) is 0 Å². The summed E-state index contributed by atoms with van der Waals surface area (Å²) in [5, 5.41) is 11.3. The Morgan fingerprint density at radius 2 is 1.85 bits per heavy atom. The largest absolute Gasteiger partial charge is 0.548 e. The van der Waals surface area contributed by atoms with E-state index in [1.54, 1.807) is 20.8 Å². The molecule has 2 rings (SSSR count). The van der Waals surface area contributed by atoms with Gasteiger partial charge in [0.1, 0.15) is 5.60 Å². The average Bonchev–Trinajstić information content (AvgIpc) is 2.35. The van der Waals surface area contributed by atoms with Crippen molar-refractivity contribution >= 4 is 12.1 Å². The Morgan fingerprint density at radius 3 is 2.40 bits per heavy atom. The molecule has 0 aliphatic carbocycles. The summed E-state index contributed by atoms with van der Waals surface area (Å²) in [6.07, 6.45) is -0.376. The number of fused-ring (bicyclic) bond motifs is 1. The van der Waals surface area contributed by atoms with E-state index in [4.69, 9.17) is 4.74 Å². The number of aliphatic carboxylic acids is 1. The van der Waals surface area contributed by atoms with Gasteiger partial charge in [0.25, 0.3) is 0 Å². The lowest BCUT2D eigenvalue weighted by molar-refractivity contribution is -0.311. The lowest BCUT2D eigenvalue weighted by atomic mass is 9.94. The molecule has 0 saturated heterocycles. The second-order valence-electron chi connectivity index (χ2n) is 5.92. The maximum Gasteiger partial charge on any atom is 0.411 e. The highest BCUT2D eigenvalue weighted by Crippen LogP contribution is 2.24. The molecule has 1 unspecified atom stereocenters. The zero-order valence-corrected chi connectivity index (χ0v) is 11.9. The molecule has 0 fully saturated rings. The molecule has 0 saturated carbocycles. The first-order valence-corrected chi connectivity index (χ1v) is 6.55. The minimum Gasteiger partial charge on any atom is -0.548 e. The van der Waals surface area contributed by atoms with Gasteiger partial charge in [0.15, 0.2) is 0 Å². The number of carbonyl (C=O) groups is 2. The molecule has 1 atom stereocenters. The minimum atomic E-state index is -1.26. The molecule has 20 heavy (non-hydrogen) atoms. The maximum atomic E-state index is 12.2. The van der Waals surface area contributed by atoms with Crippen molar-refractivity contribution in [2.45, 2.75) is 45.4 Å². The first kappa shape index (κ1) is 14.4. The topological polar surface area (TPSA) is 69.7 Å². The van der Waals surface area contributed by atoms with Crippen LogP contribution in [-0.2, 0) is 22.5 Å². The third kappa shape index (κ3) is 3.10. The summed E-state index contributed by atoms with van der Waals surface area (Å²) in [6.45, 7) is 5.47. The van der Waals surface area contributed by atoms with Crippen LogP contribution < -0.4 is 5.11 Å². The fourth-order valence-corrected chi connectivity index (χ4v) is 2.25. The molecule has 1 heterocycles. The van der Waals surface area contributed by atoms with E-state index in [-0.39, 0.29) is 13.0 Å². The van der Waals surface area contributed by atoms with Crippen LogP contribution in [0.15, 0.2) is 24.3 Å². The van der Waals surface area contributed by atoms with Gasteiger partial charge in [-0.15, -0.1) is 0 Å². The first-order chi connectivity index (χ1) is 9.28. The minimum absolute atomic E-state index is 0.226. The number of hydrogen-bond donors (Lipinski definition) is 0. The normalized spacial score (nSPS) is 18.4. The number of nitrogens with zero attached hydrogens (tertiary/aromatic N) is 1. The summed E-state index contributed by atoms with van der Waals surface area (Å²) >= 11 is 0. The van der Waals surface area contributed by atoms with Crippen molar-refractivity contribution in [3.8, 4) is 0 Å². The molecule has 0 N–H and O–H groups in total. The molecule has 0 radical (unpaired) electrons. The summed E-state index contributed by atoms with van der Waals surface area (Å²) in [5.41, 5.74) is 1.21. The van der Waals surface area contributed by atoms with Gasteiger partial charge in [-0.05, 0) is 38.3 Å². The summed E-state index contributed by atoms with van der Waals surface area (Å²) in [5.74, 6) is -1.26. The monoisotopic (exact) mass is 276 g/mol. The van der Waals surface area contributed by atoms with Gasteiger partial charge in [0.2, 0.25) is 0 Å². The second-order valence-corrected chi connectivity index (χ2v) is 5.92.